The van der Waals surface area contributed by atoms with Gasteiger partial charge >= 0.3 is 0 Å². The summed E-state index contributed by atoms with van der Waals surface area (Å²) in [5, 5.41) is 3.99. The van der Waals surface area contributed by atoms with Gasteiger partial charge in [-0.1, -0.05) is 31.2 Å². The third kappa shape index (κ3) is 5.75. The van der Waals surface area contributed by atoms with Gasteiger partial charge in [0.05, 0.1) is 12.5 Å². The molecule has 0 aromatic carbocycles. The lowest BCUT2D eigenvalue weighted by atomic mass is 10.2. The fourth-order valence-corrected chi connectivity index (χ4v) is 6.36. The van der Waals surface area contributed by atoms with Crippen molar-refractivity contribution in [3.05, 3.63) is 16.8 Å². The van der Waals surface area contributed by atoms with Crippen molar-refractivity contribution >= 4 is 62.9 Å². The number of ether oxygens (including phenoxy) is 1. The van der Waals surface area contributed by atoms with E-state index >= 15 is 0 Å². The summed E-state index contributed by atoms with van der Waals surface area (Å²) in [6.07, 6.45) is 1.97. The van der Waals surface area contributed by atoms with Crippen LogP contribution in [0.4, 0.5) is 5.82 Å². The molecule has 0 aliphatic carbocycles. The number of hydrogen-bond donors (Lipinski definition) is 0. The summed E-state index contributed by atoms with van der Waals surface area (Å²) in [6.45, 7) is 6.87. The molecule has 2 aromatic heterocycles. The average molecular weight is 483 g/mol. The molecule has 0 spiro atoms. The number of halogens is 1. The number of carbonyl (C=O) groups excluding carboxylic acids is 1. The van der Waals surface area contributed by atoms with Crippen molar-refractivity contribution in [2.24, 2.45) is 0 Å². The van der Waals surface area contributed by atoms with E-state index in [1.807, 2.05) is 0 Å². The Morgan fingerprint density at radius 1 is 1.21 bits per heavy atom. The number of anilines is 1. The molecule has 2 rings (SSSR count). The van der Waals surface area contributed by atoms with Crippen LogP contribution in [-0.2, 0) is 31.5 Å². The highest BCUT2D eigenvalue weighted by Crippen LogP contribution is 2.31. The van der Waals surface area contributed by atoms with Crippen LogP contribution >= 0.6 is 11.6 Å². The van der Waals surface area contributed by atoms with Gasteiger partial charge in [0.15, 0.2) is 6.29 Å². The fourth-order valence-electron chi connectivity index (χ4n) is 2.56. The molecule has 2 heterocycles. The number of aromatic nitrogens is 3. The number of sulfonamides is 2. The molecule has 10 nitrogen and oxygen atoms in total. The van der Waals surface area contributed by atoms with Crippen molar-refractivity contribution in [2.75, 3.05) is 22.8 Å². The van der Waals surface area contributed by atoms with Crippen LogP contribution < -0.4 is 3.71 Å². The Morgan fingerprint density at radius 2 is 1.79 bits per heavy atom. The van der Waals surface area contributed by atoms with Gasteiger partial charge in [0.2, 0.25) is 25.9 Å². The predicted octanol–water partition coefficient (Wildman–Crippen LogP) is 1.94. The van der Waals surface area contributed by atoms with Crippen LogP contribution in [0.15, 0.2) is 6.07 Å². The van der Waals surface area contributed by atoms with Crippen LogP contribution in [0.5, 0.6) is 0 Å². The lowest BCUT2D eigenvalue weighted by Gasteiger charge is -2.17. The number of rotatable bonds is 9. The van der Waals surface area contributed by atoms with Gasteiger partial charge in [-0.2, -0.15) is 0 Å². The van der Waals surface area contributed by atoms with E-state index in [4.69, 9.17) is 16.3 Å². The Balaban J connectivity index is 2.66. The van der Waals surface area contributed by atoms with Crippen LogP contribution in [0.3, 0.4) is 0 Å². The largest absolute Gasteiger partial charge is 0.360 e. The van der Waals surface area contributed by atoms with E-state index in [0.29, 0.717) is 12.9 Å². The second-order valence-electron chi connectivity index (χ2n) is 7.74. The molecule has 29 heavy (non-hydrogen) atoms. The Bertz CT molecular complexity index is 1110. The second kappa shape index (κ2) is 8.30. The van der Waals surface area contributed by atoms with Crippen LogP contribution in [0.2, 0.25) is 30.8 Å². The molecule has 0 saturated heterocycles. The Labute approximate surface area is 175 Å². The molecule has 0 aliphatic heterocycles. The lowest BCUT2D eigenvalue weighted by molar-refractivity contribution is 0.0817. The van der Waals surface area contributed by atoms with Gasteiger partial charge in [0, 0.05) is 20.2 Å². The topological polar surface area (TPSA) is 129 Å². The molecule has 0 N–H and O–H groups in total. The van der Waals surface area contributed by atoms with Crippen molar-refractivity contribution < 1.29 is 26.4 Å². The summed E-state index contributed by atoms with van der Waals surface area (Å²) in [7, 11) is -9.88. The van der Waals surface area contributed by atoms with Crippen LogP contribution in [0.1, 0.15) is 10.4 Å². The van der Waals surface area contributed by atoms with Crippen molar-refractivity contribution in [1.29, 1.82) is 0 Å². The van der Waals surface area contributed by atoms with E-state index in [1.165, 1.54) is 10.7 Å². The summed E-state index contributed by atoms with van der Waals surface area (Å²) in [5.74, 6) is -0.468. The summed E-state index contributed by atoms with van der Waals surface area (Å²) in [5.41, 5.74) is 0.0726. The summed E-state index contributed by atoms with van der Waals surface area (Å²) in [6, 6.07) is 2.16. The minimum atomic E-state index is -4.27. The first-order valence-electron chi connectivity index (χ1n) is 8.45. The van der Waals surface area contributed by atoms with Crippen molar-refractivity contribution in [3.8, 4) is 0 Å². The first kappa shape index (κ1) is 23.7. The number of aldehydes is 1. The molecule has 14 heteroatoms. The van der Waals surface area contributed by atoms with E-state index in [2.05, 4.69) is 29.7 Å². The first-order valence-corrected chi connectivity index (χ1v) is 16.2. The van der Waals surface area contributed by atoms with E-state index in [-0.39, 0.29) is 32.2 Å². The molecular formula is C15H23ClN4O6S2Si. The fraction of sp³-hybridized carbons (Fsp3) is 0.533. The highest BCUT2D eigenvalue weighted by molar-refractivity contribution is 8.09. The number of pyridine rings is 1. The minimum Gasteiger partial charge on any atom is -0.360 e. The molecule has 0 unspecified atom stereocenters. The minimum absolute atomic E-state index is 0.0782. The third-order valence-electron chi connectivity index (χ3n) is 3.79. The van der Waals surface area contributed by atoms with Crippen LogP contribution in [-0.4, -0.2) is 65.1 Å². The maximum absolute atomic E-state index is 12.2. The monoisotopic (exact) mass is 482 g/mol. The van der Waals surface area contributed by atoms with E-state index in [1.54, 1.807) is 0 Å². The SMILES string of the molecule is C[Si](C)(C)CCOCn1nc(N(S(C)(=O)=O)S(C)(=O)=O)c2nc(Cl)cc(C=O)c21. The van der Waals surface area contributed by atoms with Crippen molar-refractivity contribution in [2.45, 2.75) is 32.4 Å². The zero-order valence-corrected chi connectivity index (χ0v) is 20.1. The summed E-state index contributed by atoms with van der Waals surface area (Å²) >= 11 is 5.94. The zero-order chi connectivity index (χ0) is 22.2. The first-order chi connectivity index (χ1) is 13.1. The molecule has 0 bridgehead atoms. The summed E-state index contributed by atoms with van der Waals surface area (Å²) < 4.78 is 55.7. The highest BCUT2D eigenvalue weighted by atomic mass is 35.5. The average Bonchev–Trinajstić information content (AvgIpc) is 2.85. The standard InChI is InChI=1S/C15H23ClN4O6S2Si/c1-27(22,23)20(28(2,24)25)15-13-14(11(9-21)8-12(16)17-13)19(18-15)10-26-6-7-29(3,4)5/h8-9H,6-7,10H2,1-5H3. The molecule has 0 fully saturated rings. The van der Waals surface area contributed by atoms with Gasteiger partial charge in [0.25, 0.3) is 0 Å². The number of hydrogen-bond acceptors (Lipinski definition) is 8. The molecule has 0 aliphatic rings. The number of nitrogens with zero attached hydrogens (tertiary/aromatic N) is 4. The molecule has 0 atom stereocenters. The Kier molecular flexibility index (Phi) is 6.79. The van der Waals surface area contributed by atoms with E-state index < -0.39 is 33.9 Å². The predicted molar refractivity (Wildman–Crippen MR) is 114 cm³/mol. The maximum Gasteiger partial charge on any atom is 0.246 e. The lowest BCUT2D eigenvalue weighted by Crippen LogP contribution is -2.35. The quantitative estimate of drug-likeness (QED) is 0.229. The second-order valence-corrected chi connectivity index (χ2v) is 17.6. The van der Waals surface area contributed by atoms with Gasteiger partial charge in [-0.3, -0.25) is 4.79 Å². The molecule has 0 saturated carbocycles. The molecular weight excluding hydrogens is 460 g/mol. The normalized spacial score (nSPS) is 13.0. The van der Waals surface area contributed by atoms with Crippen molar-refractivity contribution in [1.82, 2.24) is 14.8 Å². The summed E-state index contributed by atoms with van der Waals surface area (Å²) in [4.78, 5) is 15.6. The molecule has 162 valence electrons. The van der Waals surface area contributed by atoms with Gasteiger partial charge < -0.3 is 4.74 Å². The molecule has 0 radical (unpaired) electrons. The van der Waals surface area contributed by atoms with Gasteiger partial charge in [-0.05, 0) is 12.1 Å². The third-order valence-corrected chi connectivity index (χ3v) is 8.86. The maximum atomic E-state index is 12.2. The van der Waals surface area contributed by atoms with Gasteiger partial charge in [-0.25, -0.2) is 26.5 Å². The number of carbonyl (C=O) groups is 1. The zero-order valence-electron chi connectivity index (χ0n) is 16.7. The molecule has 0 amide bonds. The van der Waals surface area contributed by atoms with E-state index in [9.17, 15) is 21.6 Å². The van der Waals surface area contributed by atoms with Gasteiger partial charge in [0.1, 0.15) is 22.9 Å². The van der Waals surface area contributed by atoms with Crippen LogP contribution in [0.25, 0.3) is 11.0 Å². The number of fused-ring (bicyclic) bond motifs is 1. The smallest absolute Gasteiger partial charge is 0.246 e. The highest BCUT2D eigenvalue weighted by Gasteiger charge is 2.33. The van der Waals surface area contributed by atoms with E-state index in [0.717, 1.165) is 18.6 Å². The Morgan fingerprint density at radius 3 is 2.28 bits per heavy atom. The Hall–Kier alpha value is -1.54. The van der Waals surface area contributed by atoms with Crippen LogP contribution in [0, 0.1) is 0 Å². The van der Waals surface area contributed by atoms with Crippen molar-refractivity contribution in [3.63, 3.8) is 0 Å². The molecule has 2 aromatic rings. The van der Waals surface area contributed by atoms with Gasteiger partial charge in [-0.15, -0.1) is 8.81 Å².